The first kappa shape index (κ1) is 14.6. The number of rotatable bonds is 2. The Kier molecular flexibility index (Phi) is 3.48. The van der Waals surface area contributed by atoms with Crippen LogP contribution < -0.4 is 4.74 Å². The van der Waals surface area contributed by atoms with Crippen LogP contribution in [0.2, 0.25) is 0 Å². The molecule has 2 saturated carbocycles. The minimum atomic E-state index is -0.282. The summed E-state index contributed by atoms with van der Waals surface area (Å²) >= 11 is 0. The van der Waals surface area contributed by atoms with Crippen LogP contribution in [0.1, 0.15) is 75.0 Å². The highest BCUT2D eigenvalue weighted by Crippen LogP contribution is 2.63. The smallest absolute Gasteiger partial charge is 0.119 e. The zero-order chi connectivity index (χ0) is 15.3. The Labute approximate surface area is 133 Å². The summed E-state index contributed by atoms with van der Waals surface area (Å²) in [4.78, 5) is 0. The minimum absolute atomic E-state index is 0.282. The second-order valence-corrected chi connectivity index (χ2v) is 7.77. The molecule has 0 heterocycles. The highest BCUT2D eigenvalue weighted by atomic mass is 16.5. The maximum atomic E-state index is 10.7. The summed E-state index contributed by atoms with van der Waals surface area (Å²) in [5.74, 6) is 3.07. The number of hydrogen-bond acceptors (Lipinski definition) is 2. The molecule has 1 aromatic carbocycles. The van der Waals surface area contributed by atoms with E-state index < -0.39 is 0 Å². The van der Waals surface area contributed by atoms with Crippen LogP contribution in [0.25, 0.3) is 0 Å². The van der Waals surface area contributed by atoms with Gasteiger partial charge in [0.15, 0.2) is 0 Å². The fraction of sp³-hybridized carbons (Fsp3) is 0.700. The van der Waals surface area contributed by atoms with Crippen molar-refractivity contribution in [3.8, 4) is 5.75 Å². The number of fused-ring (bicyclic) bond motifs is 5. The SMILES string of the molecule is CC[C@@]12CCC[C@H]1[C@@H]1C[C@H](O)c3ccc(OC)cc3[C@H]1CC2. The number of aliphatic hydroxyl groups is 1. The van der Waals surface area contributed by atoms with E-state index in [1.807, 2.05) is 6.07 Å². The summed E-state index contributed by atoms with van der Waals surface area (Å²) in [6.45, 7) is 2.38. The molecule has 120 valence electrons. The second kappa shape index (κ2) is 5.26. The Morgan fingerprint density at radius 2 is 2.09 bits per heavy atom. The van der Waals surface area contributed by atoms with Crippen molar-refractivity contribution in [1.82, 2.24) is 0 Å². The quantitative estimate of drug-likeness (QED) is 0.848. The van der Waals surface area contributed by atoms with Crippen LogP contribution in [0, 0.1) is 17.3 Å². The molecule has 0 unspecified atom stereocenters. The van der Waals surface area contributed by atoms with Gasteiger partial charge in [0.2, 0.25) is 0 Å². The molecule has 0 amide bonds. The normalized spacial score (nSPS) is 39.8. The molecular formula is C20H28O2. The van der Waals surface area contributed by atoms with Crippen LogP contribution in [-0.4, -0.2) is 12.2 Å². The molecule has 1 aromatic rings. The summed E-state index contributed by atoms with van der Waals surface area (Å²) in [6.07, 6.45) is 8.86. The van der Waals surface area contributed by atoms with E-state index in [0.717, 1.165) is 23.7 Å². The molecule has 0 radical (unpaired) electrons. The molecule has 2 nitrogen and oxygen atoms in total. The molecule has 2 heteroatoms. The van der Waals surface area contributed by atoms with E-state index in [1.54, 1.807) is 7.11 Å². The van der Waals surface area contributed by atoms with Gasteiger partial charge in [-0.05, 0) is 78.5 Å². The molecule has 0 bridgehead atoms. The van der Waals surface area contributed by atoms with E-state index in [2.05, 4.69) is 19.1 Å². The molecule has 4 rings (SSSR count). The van der Waals surface area contributed by atoms with E-state index in [9.17, 15) is 5.11 Å². The van der Waals surface area contributed by atoms with Crippen molar-refractivity contribution in [3.63, 3.8) is 0 Å². The average molecular weight is 300 g/mol. The lowest BCUT2D eigenvalue weighted by molar-refractivity contribution is 0.00606. The molecule has 0 aliphatic heterocycles. The summed E-state index contributed by atoms with van der Waals surface area (Å²) in [5, 5.41) is 10.7. The van der Waals surface area contributed by atoms with Gasteiger partial charge in [0.25, 0.3) is 0 Å². The third-order valence-corrected chi connectivity index (χ3v) is 7.22. The second-order valence-electron chi connectivity index (χ2n) is 7.77. The van der Waals surface area contributed by atoms with Crippen LogP contribution in [0.4, 0.5) is 0 Å². The van der Waals surface area contributed by atoms with E-state index in [0.29, 0.717) is 17.3 Å². The summed E-state index contributed by atoms with van der Waals surface area (Å²) in [7, 11) is 1.73. The molecular weight excluding hydrogens is 272 g/mol. The Balaban J connectivity index is 1.74. The number of benzene rings is 1. The highest BCUT2D eigenvalue weighted by molar-refractivity contribution is 5.42. The lowest BCUT2D eigenvalue weighted by atomic mass is 9.54. The first-order chi connectivity index (χ1) is 10.7. The highest BCUT2D eigenvalue weighted by Gasteiger charge is 2.52. The Bertz CT molecular complexity index is 567. The van der Waals surface area contributed by atoms with Gasteiger partial charge in [0, 0.05) is 0 Å². The zero-order valence-corrected chi connectivity index (χ0v) is 13.8. The number of methoxy groups -OCH3 is 1. The fourth-order valence-corrected chi connectivity index (χ4v) is 6.10. The maximum Gasteiger partial charge on any atom is 0.119 e. The van der Waals surface area contributed by atoms with Gasteiger partial charge in [-0.3, -0.25) is 0 Å². The minimum Gasteiger partial charge on any atom is -0.497 e. The van der Waals surface area contributed by atoms with Gasteiger partial charge in [0.05, 0.1) is 13.2 Å². The van der Waals surface area contributed by atoms with Gasteiger partial charge < -0.3 is 9.84 Å². The molecule has 22 heavy (non-hydrogen) atoms. The number of aliphatic hydroxyl groups excluding tert-OH is 1. The van der Waals surface area contributed by atoms with Crippen molar-refractivity contribution in [3.05, 3.63) is 29.3 Å². The first-order valence-corrected chi connectivity index (χ1v) is 9.04. The Morgan fingerprint density at radius 3 is 2.86 bits per heavy atom. The van der Waals surface area contributed by atoms with Crippen LogP contribution in [-0.2, 0) is 0 Å². The lowest BCUT2D eigenvalue weighted by Gasteiger charge is -2.51. The molecule has 3 aliphatic rings. The Morgan fingerprint density at radius 1 is 1.23 bits per heavy atom. The van der Waals surface area contributed by atoms with Crippen molar-refractivity contribution >= 4 is 0 Å². The van der Waals surface area contributed by atoms with Crippen LogP contribution in [0.3, 0.4) is 0 Å². The predicted octanol–water partition coefficient (Wildman–Crippen LogP) is 4.82. The van der Waals surface area contributed by atoms with Gasteiger partial charge in [-0.15, -0.1) is 0 Å². The molecule has 0 spiro atoms. The van der Waals surface area contributed by atoms with Crippen molar-refractivity contribution in [2.24, 2.45) is 17.3 Å². The third kappa shape index (κ3) is 1.96. The standard InChI is InChI=1S/C20H28O2/c1-3-20-9-4-5-18(20)17-12-19(21)15-7-6-13(22-2)11-16(15)14(17)8-10-20/h6-7,11,14,17-19,21H,3-5,8-10,12H2,1-2H3/t14-,17-,18+,19+,20+/m1/s1. The van der Waals surface area contributed by atoms with Gasteiger partial charge >= 0.3 is 0 Å². The van der Waals surface area contributed by atoms with Gasteiger partial charge in [0.1, 0.15) is 5.75 Å². The maximum absolute atomic E-state index is 10.7. The topological polar surface area (TPSA) is 29.5 Å². The fourth-order valence-electron chi connectivity index (χ4n) is 6.10. The average Bonchev–Trinajstić information content (AvgIpc) is 2.99. The van der Waals surface area contributed by atoms with Crippen LogP contribution in [0.15, 0.2) is 18.2 Å². The van der Waals surface area contributed by atoms with Crippen molar-refractivity contribution in [2.75, 3.05) is 7.11 Å². The Hall–Kier alpha value is -1.02. The van der Waals surface area contributed by atoms with Crippen LogP contribution in [0.5, 0.6) is 5.75 Å². The number of ether oxygens (including phenoxy) is 1. The zero-order valence-electron chi connectivity index (χ0n) is 13.8. The van der Waals surface area contributed by atoms with Crippen molar-refractivity contribution in [2.45, 2.75) is 63.9 Å². The van der Waals surface area contributed by atoms with Crippen molar-refractivity contribution in [1.29, 1.82) is 0 Å². The molecule has 5 atom stereocenters. The van der Waals surface area contributed by atoms with Gasteiger partial charge in [-0.2, -0.15) is 0 Å². The molecule has 2 fully saturated rings. The van der Waals surface area contributed by atoms with E-state index in [-0.39, 0.29) is 6.10 Å². The molecule has 0 saturated heterocycles. The van der Waals surface area contributed by atoms with Crippen molar-refractivity contribution < 1.29 is 9.84 Å². The van der Waals surface area contributed by atoms with Crippen LogP contribution >= 0.6 is 0 Å². The largest absolute Gasteiger partial charge is 0.497 e. The summed E-state index contributed by atoms with van der Waals surface area (Å²) < 4.78 is 5.44. The molecule has 3 aliphatic carbocycles. The summed E-state index contributed by atoms with van der Waals surface area (Å²) in [5.41, 5.74) is 3.11. The van der Waals surface area contributed by atoms with E-state index in [4.69, 9.17) is 4.74 Å². The predicted molar refractivity (Wildman–Crippen MR) is 88.1 cm³/mol. The van der Waals surface area contributed by atoms with E-state index >= 15 is 0 Å². The first-order valence-electron chi connectivity index (χ1n) is 9.04. The van der Waals surface area contributed by atoms with E-state index in [1.165, 1.54) is 44.1 Å². The van der Waals surface area contributed by atoms with Gasteiger partial charge in [-0.25, -0.2) is 0 Å². The molecule has 1 N–H and O–H groups in total. The monoisotopic (exact) mass is 300 g/mol. The van der Waals surface area contributed by atoms with Gasteiger partial charge in [-0.1, -0.05) is 25.8 Å². The third-order valence-electron chi connectivity index (χ3n) is 7.22. The summed E-state index contributed by atoms with van der Waals surface area (Å²) in [6, 6.07) is 6.28. The number of hydrogen-bond donors (Lipinski definition) is 1. The lowest BCUT2D eigenvalue weighted by Crippen LogP contribution is -2.41. The molecule has 0 aromatic heterocycles.